The van der Waals surface area contributed by atoms with Gasteiger partial charge in [-0.3, -0.25) is 0 Å². The van der Waals surface area contributed by atoms with E-state index in [1.807, 2.05) is 6.92 Å². The summed E-state index contributed by atoms with van der Waals surface area (Å²) in [6, 6.07) is 0. The van der Waals surface area contributed by atoms with Crippen LogP contribution < -0.4 is 0 Å². The molecule has 0 aliphatic heterocycles. The average molecular weight is 257 g/mol. The van der Waals surface area contributed by atoms with Crippen molar-refractivity contribution in [3.05, 3.63) is 15.6 Å². The number of rotatable bonds is 6. The molecule has 5 heteroatoms. The number of nitrogens with zero attached hydrogens (tertiary/aromatic N) is 1. The third kappa shape index (κ3) is 4.09. The second-order valence-electron chi connectivity index (χ2n) is 4.54. The number of carbonyl (C=O) groups is 1. The maximum Gasteiger partial charge on any atom is 0.347 e. The van der Waals surface area contributed by atoms with E-state index in [4.69, 9.17) is 9.84 Å². The van der Waals surface area contributed by atoms with Gasteiger partial charge in [0.25, 0.3) is 0 Å². The van der Waals surface area contributed by atoms with E-state index in [1.165, 1.54) is 11.3 Å². The number of aromatic carboxylic acids is 1. The number of thiazole rings is 1. The Morgan fingerprint density at radius 1 is 1.41 bits per heavy atom. The Morgan fingerprint density at radius 2 is 2.06 bits per heavy atom. The van der Waals surface area contributed by atoms with Crippen LogP contribution in [0.25, 0.3) is 0 Å². The Hall–Kier alpha value is -0.940. The van der Waals surface area contributed by atoms with Crippen molar-refractivity contribution in [1.29, 1.82) is 0 Å². The zero-order valence-electron chi connectivity index (χ0n) is 10.7. The molecule has 1 aromatic rings. The van der Waals surface area contributed by atoms with Gasteiger partial charge in [0.15, 0.2) is 0 Å². The van der Waals surface area contributed by atoms with Crippen LogP contribution in [0.5, 0.6) is 0 Å². The molecular weight excluding hydrogens is 238 g/mol. The SMILES string of the molecule is COC(C)Cc1nc(CC(C)C)c(C(=O)O)s1. The van der Waals surface area contributed by atoms with Crippen LogP contribution in [0.1, 0.15) is 41.1 Å². The van der Waals surface area contributed by atoms with Gasteiger partial charge in [-0.05, 0) is 19.3 Å². The molecular formula is C12H19NO3S. The maximum absolute atomic E-state index is 11.1. The Balaban J connectivity index is 2.91. The molecule has 0 amide bonds. The number of hydrogen-bond donors (Lipinski definition) is 1. The first-order valence-corrected chi connectivity index (χ1v) is 6.50. The molecule has 1 unspecified atom stereocenters. The second-order valence-corrected chi connectivity index (χ2v) is 5.62. The van der Waals surface area contributed by atoms with Gasteiger partial charge in [-0.15, -0.1) is 11.3 Å². The summed E-state index contributed by atoms with van der Waals surface area (Å²) in [5, 5.41) is 9.96. The van der Waals surface area contributed by atoms with Crippen molar-refractivity contribution in [3.8, 4) is 0 Å². The van der Waals surface area contributed by atoms with Crippen molar-refractivity contribution in [3.63, 3.8) is 0 Å². The van der Waals surface area contributed by atoms with E-state index in [2.05, 4.69) is 18.8 Å². The summed E-state index contributed by atoms with van der Waals surface area (Å²) in [5.74, 6) is -0.475. The molecule has 0 fully saturated rings. The van der Waals surface area contributed by atoms with Crippen molar-refractivity contribution < 1.29 is 14.6 Å². The van der Waals surface area contributed by atoms with Crippen molar-refractivity contribution in [1.82, 2.24) is 4.98 Å². The lowest BCUT2D eigenvalue weighted by atomic mass is 10.1. The van der Waals surface area contributed by atoms with Crippen LogP contribution in [-0.2, 0) is 17.6 Å². The number of hydrogen-bond acceptors (Lipinski definition) is 4. The third-order valence-electron chi connectivity index (χ3n) is 2.40. The molecule has 1 aromatic heterocycles. The van der Waals surface area contributed by atoms with Gasteiger partial charge >= 0.3 is 5.97 Å². The number of carboxylic acids is 1. The lowest BCUT2D eigenvalue weighted by molar-refractivity contribution is 0.0700. The van der Waals surface area contributed by atoms with Gasteiger partial charge in [0.2, 0.25) is 0 Å². The molecule has 0 spiro atoms. The molecule has 0 aliphatic carbocycles. The van der Waals surface area contributed by atoms with E-state index < -0.39 is 5.97 Å². The molecule has 1 N–H and O–H groups in total. The summed E-state index contributed by atoms with van der Waals surface area (Å²) >= 11 is 1.26. The van der Waals surface area contributed by atoms with Gasteiger partial charge in [-0.25, -0.2) is 9.78 Å². The fourth-order valence-electron chi connectivity index (χ4n) is 1.51. The summed E-state index contributed by atoms with van der Waals surface area (Å²) in [7, 11) is 1.64. The van der Waals surface area contributed by atoms with Gasteiger partial charge in [0.1, 0.15) is 4.88 Å². The standard InChI is InChI=1S/C12H19NO3S/c1-7(2)5-9-11(12(14)15)17-10(13-9)6-8(3)16-4/h7-8H,5-6H2,1-4H3,(H,14,15). The van der Waals surface area contributed by atoms with E-state index in [1.54, 1.807) is 7.11 Å². The fourth-order valence-corrected chi connectivity index (χ4v) is 2.55. The van der Waals surface area contributed by atoms with E-state index in [0.717, 1.165) is 5.01 Å². The molecule has 0 saturated carbocycles. The Labute approximate surface area is 106 Å². The zero-order chi connectivity index (χ0) is 13.0. The van der Waals surface area contributed by atoms with Gasteiger partial charge in [0.05, 0.1) is 16.8 Å². The van der Waals surface area contributed by atoms with Crippen LogP contribution in [0.4, 0.5) is 0 Å². The molecule has 17 heavy (non-hydrogen) atoms. The lowest BCUT2D eigenvalue weighted by Crippen LogP contribution is -2.08. The lowest BCUT2D eigenvalue weighted by Gasteiger charge is -2.05. The highest BCUT2D eigenvalue weighted by Crippen LogP contribution is 2.22. The molecule has 1 atom stereocenters. The molecule has 1 rings (SSSR count). The van der Waals surface area contributed by atoms with Crippen LogP contribution in [0.2, 0.25) is 0 Å². The molecule has 96 valence electrons. The first-order valence-electron chi connectivity index (χ1n) is 5.68. The summed E-state index contributed by atoms with van der Waals surface area (Å²) in [5.41, 5.74) is 0.704. The molecule has 0 aromatic carbocycles. The molecule has 4 nitrogen and oxygen atoms in total. The second kappa shape index (κ2) is 6.12. The summed E-state index contributed by atoms with van der Waals surface area (Å²) in [4.78, 5) is 15.9. The molecule has 0 saturated heterocycles. The average Bonchev–Trinajstić information content (AvgIpc) is 2.59. The highest BCUT2D eigenvalue weighted by molar-refractivity contribution is 7.13. The van der Waals surface area contributed by atoms with Crippen LogP contribution >= 0.6 is 11.3 Å². The summed E-state index contributed by atoms with van der Waals surface area (Å²) in [6.45, 7) is 6.06. The molecule has 1 heterocycles. The largest absolute Gasteiger partial charge is 0.477 e. The van der Waals surface area contributed by atoms with Crippen LogP contribution in [0, 0.1) is 5.92 Å². The quantitative estimate of drug-likeness (QED) is 0.851. The Bertz CT molecular complexity index is 387. The Kier molecular flexibility index (Phi) is 5.08. The van der Waals surface area contributed by atoms with Gasteiger partial charge < -0.3 is 9.84 Å². The highest BCUT2D eigenvalue weighted by Gasteiger charge is 2.18. The van der Waals surface area contributed by atoms with Crippen molar-refractivity contribution in [2.75, 3.05) is 7.11 Å². The number of carboxylic acid groups (broad SMARTS) is 1. The molecule has 0 aliphatic rings. The molecule has 0 radical (unpaired) electrons. The topological polar surface area (TPSA) is 59.4 Å². The van der Waals surface area contributed by atoms with Crippen molar-refractivity contribution in [2.45, 2.75) is 39.7 Å². The van der Waals surface area contributed by atoms with E-state index >= 15 is 0 Å². The number of ether oxygens (including phenoxy) is 1. The van der Waals surface area contributed by atoms with Crippen molar-refractivity contribution in [2.24, 2.45) is 5.92 Å². The number of methoxy groups -OCH3 is 1. The monoisotopic (exact) mass is 257 g/mol. The van der Waals surface area contributed by atoms with Gasteiger partial charge in [-0.1, -0.05) is 13.8 Å². The smallest absolute Gasteiger partial charge is 0.347 e. The van der Waals surface area contributed by atoms with E-state index in [-0.39, 0.29) is 6.10 Å². The minimum Gasteiger partial charge on any atom is -0.477 e. The first kappa shape index (κ1) is 14.1. The normalized spacial score (nSPS) is 13.0. The van der Waals surface area contributed by atoms with Crippen LogP contribution in [0.15, 0.2) is 0 Å². The Morgan fingerprint density at radius 3 is 2.53 bits per heavy atom. The third-order valence-corrected chi connectivity index (χ3v) is 3.51. The summed E-state index contributed by atoms with van der Waals surface area (Å²) in [6.07, 6.45) is 1.44. The van der Waals surface area contributed by atoms with Crippen LogP contribution in [-0.4, -0.2) is 29.3 Å². The minimum absolute atomic E-state index is 0.0645. The highest BCUT2D eigenvalue weighted by atomic mass is 32.1. The van der Waals surface area contributed by atoms with Gasteiger partial charge in [0, 0.05) is 13.5 Å². The number of aromatic nitrogens is 1. The predicted octanol–water partition coefficient (Wildman–Crippen LogP) is 2.62. The zero-order valence-corrected chi connectivity index (χ0v) is 11.5. The van der Waals surface area contributed by atoms with Crippen LogP contribution in [0.3, 0.4) is 0 Å². The maximum atomic E-state index is 11.1. The van der Waals surface area contributed by atoms with Gasteiger partial charge in [-0.2, -0.15) is 0 Å². The van der Waals surface area contributed by atoms with E-state index in [0.29, 0.717) is 29.3 Å². The van der Waals surface area contributed by atoms with Crippen molar-refractivity contribution >= 4 is 17.3 Å². The molecule has 0 bridgehead atoms. The predicted molar refractivity (Wildman–Crippen MR) is 67.8 cm³/mol. The fraction of sp³-hybridized carbons (Fsp3) is 0.667. The first-order chi connectivity index (χ1) is 7.93. The van der Waals surface area contributed by atoms with E-state index in [9.17, 15) is 4.79 Å². The summed E-state index contributed by atoms with van der Waals surface area (Å²) < 4.78 is 5.16. The minimum atomic E-state index is -0.880.